The van der Waals surface area contributed by atoms with Gasteiger partial charge < -0.3 is 14.8 Å². The number of ether oxygens (including phenoxy) is 2. The lowest BCUT2D eigenvalue weighted by molar-refractivity contribution is 0.356. The van der Waals surface area contributed by atoms with Crippen LogP contribution in [0.1, 0.15) is 0 Å². The molecule has 3 rings (SSSR count). The highest BCUT2D eigenvalue weighted by atomic mass is 19.2. The number of hydrogen-bond donors (Lipinski definition) is 1. The Labute approximate surface area is 130 Å². The largest absolute Gasteiger partial charge is 0.493 e. The van der Waals surface area contributed by atoms with Crippen LogP contribution < -0.4 is 14.8 Å². The Balaban J connectivity index is 2.01. The van der Waals surface area contributed by atoms with Gasteiger partial charge in [-0.25, -0.2) is 18.7 Å². The minimum atomic E-state index is -0.983. The van der Waals surface area contributed by atoms with Crippen molar-refractivity contribution in [2.75, 3.05) is 19.5 Å². The number of methoxy groups -OCH3 is 2. The van der Waals surface area contributed by atoms with Crippen LogP contribution in [0.4, 0.5) is 20.4 Å². The fraction of sp³-hybridized carbons (Fsp3) is 0.125. The van der Waals surface area contributed by atoms with Gasteiger partial charge in [-0.2, -0.15) is 0 Å². The molecule has 1 aromatic heterocycles. The summed E-state index contributed by atoms with van der Waals surface area (Å²) in [6.45, 7) is 0. The fourth-order valence-corrected chi connectivity index (χ4v) is 2.14. The Bertz CT molecular complexity index is 871. The number of rotatable bonds is 4. The van der Waals surface area contributed by atoms with Crippen molar-refractivity contribution in [3.63, 3.8) is 0 Å². The molecule has 0 atom stereocenters. The molecule has 0 aliphatic carbocycles. The predicted octanol–water partition coefficient (Wildman–Crippen LogP) is 3.67. The molecule has 0 unspecified atom stereocenters. The molecular weight excluding hydrogens is 304 g/mol. The van der Waals surface area contributed by atoms with Crippen LogP contribution in [0.3, 0.4) is 0 Å². The summed E-state index contributed by atoms with van der Waals surface area (Å²) in [4.78, 5) is 8.37. The van der Waals surface area contributed by atoms with E-state index in [0.29, 0.717) is 17.0 Å². The highest BCUT2D eigenvalue weighted by molar-refractivity contribution is 5.83. The maximum absolute atomic E-state index is 13.7. The number of hydrogen-bond acceptors (Lipinski definition) is 5. The van der Waals surface area contributed by atoms with Gasteiger partial charge in [-0.3, -0.25) is 0 Å². The molecule has 0 aliphatic heterocycles. The topological polar surface area (TPSA) is 56.3 Å². The van der Waals surface area contributed by atoms with Crippen molar-refractivity contribution in [3.05, 3.63) is 48.2 Å². The smallest absolute Gasteiger partial charge is 0.227 e. The molecule has 1 heterocycles. The third-order valence-corrected chi connectivity index (χ3v) is 3.28. The Morgan fingerprint density at radius 3 is 2.52 bits per heavy atom. The number of nitrogens with zero attached hydrogens (tertiary/aromatic N) is 2. The molecule has 23 heavy (non-hydrogen) atoms. The molecular formula is C16H13F2N3O2. The Hall–Kier alpha value is -2.96. The van der Waals surface area contributed by atoms with E-state index < -0.39 is 11.6 Å². The van der Waals surface area contributed by atoms with E-state index in [2.05, 4.69) is 15.3 Å². The number of anilines is 2. The van der Waals surface area contributed by atoms with E-state index in [0.717, 1.165) is 11.5 Å². The van der Waals surface area contributed by atoms with Crippen molar-refractivity contribution >= 4 is 22.5 Å². The van der Waals surface area contributed by atoms with Crippen molar-refractivity contribution in [2.45, 2.75) is 0 Å². The second-order valence-electron chi connectivity index (χ2n) is 4.69. The standard InChI is InChI=1S/C16H13F2N3O2/c1-22-13-6-9-8-19-16(21-12(9)7-14(13)23-2)20-11-5-3-4-10(17)15(11)18/h3-8H,1-2H3,(H,19,20,21). The normalized spacial score (nSPS) is 10.6. The molecule has 7 heteroatoms. The lowest BCUT2D eigenvalue weighted by Gasteiger charge is -2.10. The molecule has 5 nitrogen and oxygen atoms in total. The Kier molecular flexibility index (Phi) is 3.92. The summed E-state index contributed by atoms with van der Waals surface area (Å²) in [5.74, 6) is -0.706. The van der Waals surface area contributed by atoms with Gasteiger partial charge in [-0.15, -0.1) is 0 Å². The highest BCUT2D eigenvalue weighted by Crippen LogP contribution is 2.31. The SMILES string of the molecule is COc1cc2cnc(Nc3cccc(F)c3F)nc2cc1OC. The van der Waals surface area contributed by atoms with E-state index in [1.54, 1.807) is 18.3 Å². The molecule has 0 amide bonds. The van der Waals surface area contributed by atoms with Crippen LogP contribution in [0, 0.1) is 11.6 Å². The Morgan fingerprint density at radius 2 is 1.78 bits per heavy atom. The molecule has 0 bridgehead atoms. The summed E-state index contributed by atoms with van der Waals surface area (Å²) < 4.78 is 37.4. The number of nitrogens with one attached hydrogen (secondary N) is 1. The summed E-state index contributed by atoms with van der Waals surface area (Å²) in [7, 11) is 3.05. The average Bonchev–Trinajstić information content (AvgIpc) is 2.57. The van der Waals surface area contributed by atoms with Crippen molar-refractivity contribution < 1.29 is 18.3 Å². The third-order valence-electron chi connectivity index (χ3n) is 3.28. The molecule has 0 saturated heterocycles. The second-order valence-corrected chi connectivity index (χ2v) is 4.69. The molecule has 3 aromatic rings. The van der Waals surface area contributed by atoms with Crippen LogP contribution in [-0.2, 0) is 0 Å². The quantitative estimate of drug-likeness (QED) is 0.795. The first-order valence-electron chi connectivity index (χ1n) is 6.72. The first-order valence-corrected chi connectivity index (χ1v) is 6.72. The number of benzene rings is 2. The maximum Gasteiger partial charge on any atom is 0.227 e. The third kappa shape index (κ3) is 2.85. The maximum atomic E-state index is 13.7. The van der Waals surface area contributed by atoms with Crippen LogP contribution in [0.25, 0.3) is 10.9 Å². The minimum Gasteiger partial charge on any atom is -0.493 e. The van der Waals surface area contributed by atoms with Gasteiger partial charge >= 0.3 is 0 Å². The summed E-state index contributed by atoms with van der Waals surface area (Å²) in [6, 6.07) is 7.26. The van der Waals surface area contributed by atoms with Gasteiger partial charge in [-0.1, -0.05) is 6.07 Å². The molecule has 2 aromatic carbocycles. The van der Waals surface area contributed by atoms with Gasteiger partial charge in [0, 0.05) is 17.6 Å². The van der Waals surface area contributed by atoms with E-state index in [4.69, 9.17) is 9.47 Å². The van der Waals surface area contributed by atoms with E-state index in [-0.39, 0.29) is 11.6 Å². The predicted molar refractivity (Wildman–Crippen MR) is 82.3 cm³/mol. The fourth-order valence-electron chi connectivity index (χ4n) is 2.14. The van der Waals surface area contributed by atoms with E-state index >= 15 is 0 Å². The van der Waals surface area contributed by atoms with Gasteiger partial charge in [-0.05, 0) is 18.2 Å². The van der Waals surface area contributed by atoms with Crippen molar-refractivity contribution in [3.8, 4) is 11.5 Å². The summed E-state index contributed by atoms with van der Waals surface area (Å²) in [5.41, 5.74) is 0.543. The summed E-state index contributed by atoms with van der Waals surface area (Å²) >= 11 is 0. The summed E-state index contributed by atoms with van der Waals surface area (Å²) in [6.07, 6.45) is 1.56. The summed E-state index contributed by atoms with van der Waals surface area (Å²) in [5, 5.41) is 3.39. The lowest BCUT2D eigenvalue weighted by Crippen LogP contribution is -2.01. The van der Waals surface area contributed by atoms with Crippen LogP contribution >= 0.6 is 0 Å². The molecule has 0 spiro atoms. The van der Waals surface area contributed by atoms with Crippen molar-refractivity contribution in [2.24, 2.45) is 0 Å². The van der Waals surface area contributed by atoms with Gasteiger partial charge in [0.1, 0.15) is 0 Å². The van der Waals surface area contributed by atoms with Crippen LogP contribution in [0.5, 0.6) is 11.5 Å². The molecule has 118 valence electrons. The van der Waals surface area contributed by atoms with Crippen LogP contribution in [0.2, 0.25) is 0 Å². The van der Waals surface area contributed by atoms with Gasteiger partial charge in [0.2, 0.25) is 5.95 Å². The monoisotopic (exact) mass is 317 g/mol. The minimum absolute atomic E-state index is 0.0372. The molecule has 0 radical (unpaired) electrons. The molecule has 0 saturated carbocycles. The molecule has 1 N–H and O–H groups in total. The number of aromatic nitrogens is 2. The van der Waals surface area contributed by atoms with Crippen molar-refractivity contribution in [1.29, 1.82) is 0 Å². The van der Waals surface area contributed by atoms with Crippen LogP contribution in [0.15, 0.2) is 36.5 Å². The first kappa shape index (κ1) is 15.0. The van der Waals surface area contributed by atoms with Crippen LogP contribution in [-0.4, -0.2) is 24.2 Å². The molecule has 0 aliphatic rings. The van der Waals surface area contributed by atoms with Crippen molar-refractivity contribution in [1.82, 2.24) is 9.97 Å². The van der Waals surface area contributed by atoms with Gasteiger partial charge in [0.05, 0.1) is 25.4 Å². The van der Waals surface area contributed by atoms with E-state index in [1.807, 2.05) is 0 Å². The van der Waals surface area contributed by atoms with Gasteiger partial charge in [0.25, 0.3) is 0 Å². The number of fused-ring (bicyclic) bond motifs is 1. The average molecular weight is 317 g/mol. The zero-order valence-electron chi connectivity index (χ0n) is 12.4. The highest BCUT2D eigenvalue weighted by Gasteiger charge is 2.11. The van der Waals surface area contributed by atoms with Gasteiger partial charge in [0.15, 0.2) is 23.1 Å². The Morgan fingerprint density at radius 1 is 1.04 bits per heavy atom. The number of halogens is 2. The molecule has 0 fully saturated rings. The van der Waals surface area contributed by atoms with E-state index in [1.165, 1.54) is 26.4 Å². The lowest BCUT2D eigenvalue weighted by atomic mass is 10.2. The second kappa shape index (κ2) is 6.04. The zero-order chi connectivity index (χ0) is 16.4. The zero-order valence-corrected chi connectivity index (χ0v) is 12.4. The first-order chi connectivity index (χ1) is 11.1. The van der Waals surface area contributed by atoms with E-state index in [9.17, 15) is 8.78 Å².